The Kier molecular flexibility index (Phi) is 11.4. The fourth-order valence-corrected chi connectivity index (χ4v) is 6.91. The van der Waals surface area contributed by atoms with E-state index >= 15 is 0 Å². The highest BCUT2D eigenvalue weighted by molar-refractivity contribution is 7.90. The zero-order valence-corrected chi connectivity index (χ0v) is 25.7. The molecule has 10 nitrogen and oxygen atoms in total. The van der Waals surface area contributed by atoms with Crippen LogP contribution in [-0.2, 0) is 42.7 Å². The van der Waals surface area contributed by atoms with Crippen LogP contribution in [0.2, 0.25) is 0 Å². The summed E-state index contributed by atoms with van der Waals surface area (Å²) in [5.41, 5.74) is 1.71. The Balaban J connectivity index is 1.75. The third-order valence-electron chi connectivity index (χ3n) is 6.51. The van der Waals surface area contributed by atoms with Crippen molar-refractivity contribution in [1.29, 1.82) is 0 Å². The summed E-state index contributed by atoms with van der Waals surface area (Å²) in [7, 11) is -8.60. The highest BCUT2D eigenvalue weighted by Gasteiger charge is 2.31. The van der Waals surface area contributed by atoms with Crippen molar-refractivity contribution in [1.82, 2.24) is 20.1 Å². The Hall–Kier alpha value is -3.58. The van der Waals surface area contributed by atoms with Gasteiger partial charge in [0.25, 0.3) is 0 Å². The van der Waals surface area contributed by atoms with E-state index in [4.69, 9.17) is 0 Å². The Morgan fingerprint density at radius 2 is 0.929 bits per heavy atom. The molecule has 12 heteroatoms. The van der Waals surface area contributed by atoms with Gasteiger partial charge in [-0.05, 0) is 41.2 Å². The van der Waals surface area contributed by atoms with Crippen molar-refractivity contribution < 1.29 is 26.4 Å². The maximum absolute atomic E-state index is 13.3. The lowest BCUT2D eigenvalue weighted by Crippen LogP contribution is -2.49. The summed E-state index contributed by atoms with van der Waals surface area (Å²) in [6.45, 7) is 7.26. The van der Waals surface area contributed by atoms with E-state index in [2.05, 4.69) is 20.1 Å². The van der Waals surface area contributed by atoms with Crippen molar-refractivity contribution in [3.8, 4) is 0 Å². The van der Waals surface area contributed by atoms with Crippen LogP contribution in [0, 0.1) is 11.8 Å². The molecule has 3 aromatic carbocycles. The lowest BCUT2D eigenvalue weighted by molar-refractivity contribution is -0.124. The molecule has 0 radical (unpaired) electrons. The van der Waals surface area contributed by atoms with E-state index in [0.717, 1.165) is 17.2 Å². The van der Waals surface area contributed by atoms with E-state index in [-0.39, 0.29) is 22.9 Å². The molecule has 0 aliphatic carbocycles. The molecular formula is C30H38N4O6S2. The van der Waals surface area contributed by atoms with Crippen LogP contribution < -0.4 is 20.1 Å². The van der Waals surface area contributed by atoms with Crippen molar-refractivity contribution in [2.45, 2.75) is 62.7 Å². The number of sulfonamides is 2. The molecule has 3 aromatic rings. The van der Waals surface area contributed by atoms with Gasteiger partial charge in [-0.2, -0.15) is 9.44 Å². The van der Waals surface area contributed by atoms with Gasteiger partial charge >= 0.3 is 0 Å². The van der Waals surface area contributed by atoms with Crippen LogP contribution in [0.1, 0.15) is 38.8 Å². The Bertz CT molecular complexity index is 1450. The first-order valence-electron chi connectivity index (χ1n) is 13.6. The van der Waals surface area contributed by atoms with E-state index in [1.165, 1.54) is 18.2 Å². The number of hydrogen-bond donors (Lipinski definition) is 4. The van der Waals surface area contributed by atoms with Crippen molar-refractivity contribution in [3.63, 3.8) is 0 Å². The first-order chi connectivity index (χ1) is 19.8. The molecule has 0 heterocycles. The van der Waals surface area contributed by atoms with Gasteiger partial charge in [-0.3, -0.25) is 9.59 Å². The van der Waals surface area contributed by atoms with Crippen molar-refractivity contribution in [2.24, 2.45) is 11.8 Å². The van der Waals surface area contributed by atoms with Gasteiger partial charge < -0.3 is 10.6 Å². The molecule has 2 amide bonds. The number of amides is 2. The minimum Gasteiger partial charge on any atom is -0.351 e. The van der Waals surface area contributed by atoms with Gasteiger partial charge in [0.15, 0.2) is 0 Å². The SMILES string of the molecule is CC(C)[C@H](NS(=O)(=O)c1cccc(S(=O)(=O)N[C@H](C(=O)NCc2ccccc2)C(C)C)c1)C(=O)NCc1ccccc1. The van der Waals surface area contributed by atoms with Gasteiger partial charge in [-0.1, -0.05) is 94.4 Å². The molecule has 0 aliphatic rings. The summed E-state index contributed by atoms with van der Waals surface area (Å²) in [4.78, 5) is 25.1. The van der Waals surface area contributed by atoms with E-state index < -0.39 is 55.8 Å². The highest BCUT2D eigenvalue weighted by atomic mass is 32.2. The molecular weight excluding hydrogens is 576 g/mol. The second-order valence-corrected chi connectivity index (χ2v) is 14.0. The molecule has 0 bridgehead atoms. The van der Waals surface area contributed by atoms with E-state index in [0.29, 0.717) is 0 Å². The quantitative estimate of drug-likeness (QED) is 0.219. The zero-order chi connectivity index (χ0) is 30.9. The minimum absolute atomic E-state index is 0.222. The molecule has 2 atom stereocenters. The van der Waals surface area contributed by atoms with Gasteiger partial charge in [-0.25, -0.2) is 16.8 Å². The fourth-order valence-electron chi connectivity index (χ4n) is 4.05. The number of nitrogens with one attached hydrogen (secondary N) is 4. The predicted octanol–water partition coefficient (Wildman–Crippen LogP) is 2.93. The molecule has 0 fully saturated rings. The molecule has 0 unspecified atom stereocenters. The van der Waals surface area contributed by atoms with Crippen molar-refractivity contribution >= 4 is 31.9 Å². The number of carbonyl (C=O) groups is 2. The van der Waals surface area contributed by atoms with Crippen LogP contribution in [-0.4, -0.2) is 40.7 Å². The summed E-state index contributed by atoms with van der Waals surface area (Å²) in [6, 6.07) is 21.0. The standard InChI is InChI=1S/C30H38N4O6S2/c1-21(2)27(29(35)31-19-23-12-7-5-8-13-23)33-41(37,38)25-16-11-17-26(18-25)42(39,40)34-28(22(3)4)30(36)32-20-24-14-9-6-10-15-24/h5-18,21-22,27-28,33-34H,19-20H2,1-4H3,(H,31,35)(H,32,36)/t27-,28-/m0/s1. The number of hydrogen-bond acceptors (Lipinski definition) is 6. The summed E-state index contributed by atoms with van der Waals surface area (Å²) in [6.07, 6.45) is 0. The van der Waals surface area contributed by atoms with E-state index in [9.17, 15) is 26.4 Å². The van der Waals surface area contributed by atoms with Gasteiger partial charge in [0, 0.05) is 13.1 Å². The van der Waals surface area contributed by atoms with Crippen molar-refractivity contribution in [2.75, 3.05) is 0 Å². The Morgan fingerprint density at radius 1 is 0.571 bits per heavy atom. The molecule has 0 saturated heterocycles. The Labute approximate surface area is 248 Å². The molecule has 0 spiro atoms. The molecule has 4 N–H and O–H groups in total. The van der Waals surface area contributed by atoms with Crippen LogP contribution in [0.15, 0.2) is 94.7 Å². The summed E-state index contributed by atoms with van der Waals surface area (Å²) in [5.74, 6) is -1.82. The third-order valence-corrected chi connectivity index (χ3v) is 9.39. The minimum atomic E-state index is -4.30. The van der Waals surface area contributed by atoms with Crippen LogP contribution in [0.4, 0.5) is 0 Å². The van der Waals surface area contributed by atoms with Crippen LogP contribution in [0.25, 0.3) is 0 Å². The second-order valence-electron chi connectivity index (χ2n) is 10.6. The zero-order valence-electron chi connectivity index (χ0n) is 24.1. The molecule has 226 valence electrons. The van der Waals surface area contributed by atoms with Gasteiger partial charge in [0.1, 0.15) is 12.1 Å². The first kappa shape index (κ1) is 32.9. The van der Waals surface area contributed by atoms with E-state index in [1.54, 1.807) is 27.7 Å². The summed E-state index contributed by atoms with van der Waals surface area (Å²) >= 11 is 0. The maximum Gasteiger partial charge on any atom is 0.241 e. The number of benzene rings is 3. The third kappa shape index (κ3) is 9.21. The van der Waals surface area contributed by atoms with Crippen molar-refractivity contribution in [3.05, 3.63) is 96.1 Å². The number of rotatable bonds is 14. The molecule has 42 heavy (non-hydrogen) atoms. The van der Waals surface area contributed by atoms with E-state index in [1.807, 2.05) is 60.7 Å². The first-order valence-corrected chi connectivity index (χ1v) is 16.5. The largest absolute Gasteiger partial charge is 0.351 e. The summed E-state index contributed by atoms with van der Waals surface area (Å²) in [5, 5.41) is 5.49. The van der Waals surface area contributed by atoms with Crippen LogP contribution >= 0.6 is 0 Å². The molecule has 0 saturated carbocycles. The molecule has 0 aromatic heterocycles. The highest BCUT2D eigenvalue weighted by Crippen LogP contribution is 2.19. The summed E-state index contributed by atoms with van der Waals surface area (Å²) < 4.78 is 58.0. The normalized spacial score (nSPS) is 13.5. The maximum atomic E-state index is 13.3. The average Bonchev–Trinajstić information content (AvgIpc) is 2.97. The average molecular weight is 615 g/mol. The van der Waals surface area contributed by atoms with Gasteiger partial charge in [0.05, 0.1) is 9.79 Å². The topological polar surface area (TPSA) is 151 Å². The fraction of sp³-hybridized carbons (Fsp3) is 0.333. The lowest BCUT2D eigenvalue weighted by atomic mass is 10.0. The molecule has 3 rings (SSSR count). The van der Waals surface area contributed by atoms with Gasteiger partial charge in [0.2, 0.25) is 31.9 Å². The Morgan fingerprint density at radius 3 is 1.26 bits per heavy atom. The smallest absolute Gasteiger partial charge is 0.241 e. The van der Waals surface area contributed by atoms with Gasteiger partial charge in [-0.15, -0.1) is 0 Å². The monoisotopic (exact) mass is 614 g/mol. The molecule has 0 aliphatic heterocycles. The number of carbonyl (C=O) groups excluding carboxylic acids is 2. The second kappa shape index (κ2) is 14.5. The van der Waals surface area contributed by atoms with Crippen LogP contribution in [0.5, 0.6) is 0 Å². The predicted molar refractivity (Wildman–Crippen MR) is 161 cm³/mol. The lowest BCUT2D eigenvalue weighted by Gasteiger charge is -2.23. The van der Waals surface area contributed by atoms with Crippen LogP contribution in [0.3, 0.4) is 0 Å².